The lowest BCUT2D eigenvalue weighted by Gasteiger charge is -2.14. The van der Waals surface area contributed by atoms with E-state index in [2.05, 4.69) is 11.9 Å². The summed E-state index contributed by atoms with van der Waals surface area (Å²) >= 11 is 0. The summed E-state index contributed by atoms with van der Waals surface area (Å²) in [6, 6.07) is 3.60. The van der Waals surface area contributed by atoms with Crippen LogP contribution in [0.1, 0.15) is 12.2 Å². The molecule has 18 heavy (non-hydrogen) atoms. The number of nitrogens with zero attached hydrogens (tertiary/aromatic N) is 1. The van der Waals surface area contributed by atoms with Gasteiger partial charge in [-0.3, -0.25) is 9.59 Å². The average Bonchev–Trinajstić information content (AvgIpc) is 2.98. The minimum atomic E-state index is -0.271. The molecule has 0 bridgehead atoms. The van der Waals surface area contributed by atoms with Crippen LogP contribution in [-0.4, -0.2) is 29.8 Å². The number of carbonyl (C=O) groups is 2. The fraction of sp³-hybridized carbons (Fsp3) is 0.385. The first-order valence-corrected chi connectivity index (χ1v) is 5.89. The largest absolute Gasteiger partial charge is 0.467 e. The van der Waals surface area contributed by atoms with E-state index in [1.165, 1.54) is 0 Å². The molecule has 1 aliphatic rings. The fourth-order valence-corrected chi connectivity index (χ4v) is 2.01. The van der Waals surface area contributed by atoms with Crippen molar-refractivity contribution in [2.75, 3.05) is 13.1 Å². The predicted octanol–water partition coefficient (Wildman–Crippen LogP) is 0.930. The highest BCUT2D eigenvalue weighted by atomic mass is 16.3. The highest BCUT2D eigenvalue weighted by molar-refractivity contribution is 5.89. The van der Waals surface area contributed by atoms with Crippen molar-refractivity contribution in [2.24, 2.45) is 5.92 Å². The van der Waals surface area contributed by atoms with Gasteiger partial charge in [0.1, 0.15) is 5.76 Å². The Morgan fingerprint density at radius 1 is 1.67 bits per heavy atom. The molecular formula is C13H16N2O3. The molecule has 0 spiro atoms. The molecule has 1 atom stereocenters. The Morgan fingerprint density at radius 2 is 2.50 bits per heavy atom. The van der Waals surface area contributed by atoms with Crippen LogP contribution in [-0.2, 0) is 16.1 Å². The van der Waals surface area contributed by atoms with E-state index in [-0.39, 0.29) is 24.2 Å². The normalized spacial score (nSPS) is 19.0. The Morgan fingerprint density at radius 3 is 3.17 bits per heavy atom. The monoisotopic (exact) mass is 248 g/mol. The molecule has 0 unspecified atom stereocenters. The molecule has 5 nitrogen and oxygen atoms in total. The molecule has 1 aromatic heterocycles. The van der Waals surface area contributed by atoms with Crippen LogP contribution in [0.2, 0.25) is 0 Å². The Balaban J connectivity index is 1.90. The molecule has 0 radical (unpaired) electrons. The maximum Gasteiger partial charge on any atom is 0.225 e. The SMILES string of the molecule is C=CCNC(=O)[C@@H]1CC(=O)N(Cc2ccco2)C1. The minimum Gasteiger partial charge on any atom is -0.467 e. The smallest absolute Gasteiger partial charge is 0.225 e. The van der Waals surface area contributed by atoms with Crippen molar-refractivity contribution in [3.63, 3.8) is 0 Å². The zero-order chi connectivity index (χ0) is 13.0. The van der Waals surface area contributed by atoms with Gasteiger partial charge in [0.05, 0.1) is 18.7 Å². The summed E-state index contributed by atoms with van der Waals surface area (Å²) in [5.74, 6) is 0.359. The summed E-state index contributed by atoms with van der Waals surface area (Å²) < 4.78 is 5.20. The summed E-state index contributed by atoms with van der Waals surface area (Å²) in [7, 11) is 0. The van der Waals surface area contributed by atoms with Crippen molar-refractivity contribution in [1.29, 1.82) is 0 Å². The number of nitrogens with one attached hydrogen (secondary N) is 1. The third-order valence-corrected chi connectivity index (χ3v) is 2.93. The predicted molar refractivity (Wildman–Crippen MR) is 65.4 cm³/mol. The van der Waals surface area contributed by atoms with Crippen LogP contribution >= 0.6 is 0 Å². The Hall–Kier alpha value is -2.04. The number of hydrogen-bond acceptors (Lipinski definition) is 3. The van der Waals surface area contributed by atoms with E-state index < -0.39 is 0 Å². The van der Waals surface area contributed by atoms with Crippen molar-refractivity contribution in [3.05, 3.63) is 36.8 Å². The number of carbonyl (C=O) groups excluding carboxylic acids is 2. The molecule has 96 valence electrons. The summed E-state index contributed by atoms with van der Waals surface area (Å²) in [5, 5.41) is 2.71. The molecule has 2 heterocycles. The van der Waals surface area contributed by atoms with Crippen molar-refractivity contribution in [3.8, 4) is 0 Å². The van der Waals surface area contributed by atoms with Crippen LogP contribution in [0.15, 0.2) is 35.5 Å². The van der Waals surface area contributed by atoms with Gasteiger partial charge >= 0.3 is 0 Å². The van der Waals surface area contributed by atoms with Crippen LogP contribution in [0.5, 0.6) is 0 Å². The maximum atomic E-state index is 11.8. The quantitative estimate of drug-likeness (QED) is 0.788. The lowest BCUT2D eigenvalue weighted by atomic mass is 10.1. The van der Waals surface area contributed by atoms with Gasteiger partial charge < -0.3 is 14.6 Å². The third-order valence-electron chi connectivity index (χ3n) is 2.93. The molecule has 1 N–H and O–H groups in total. The van der Waals surface area contributed by atoms with Crippen LogP contribution in [0.3, 0.4) is 0 Å². The van der Waals surface area contributed by atoms with Gasteiger partial charge in [-0.05, 0) is 12.1 Å². The van der Waals surface area contributed by atoms with Gasteiger partial charge in [-0.2, -0.15) is 0 Å². The molecule has 5 heteroatoms. The van der Waals surface area contributed by atoms with E-state index in [4.69, 9.17) is 4.42 Å². The number of rotatable bonds is 5. The van der Waals surface area contributed by atoms with E-state index in [1.807, 2.05) is 6.07 Å². The highest BCUT2D eigenvalue weighted by Gasteiger charge is 2.34. The van der Waals surface area contributed by atoms with E-state index in [9.17, 15) is 9.59 Å². The average molecular weight is 248 g/mol. The van der Waals surface area contributed by atoms with Crippen molar-refractivity contribution >= 4 is 11.8 Å². The van der Waals surface area contributed by atoms with Gasteiger partial charge in [0.25, 0.3) is 0 Å². The molecule has 0 aliphatic carbocycles. The zero-order valence-electron chi connectivity index (χ0n) is 10.1. The second-order valence-corrected chi connectivity index (χ2v) is 4.29. The second kappa shape index (κ2) is 5.53. The highest BCUT2D eigenvalue weighted by Crippen LogP contribution is 2.20. The molecule has 0 aromatic carbocycles. The molecule has 2 rings (SSSR count). The van der Waals surface area contributed by atoms with Crippen molar-refractivity contribution in [1.82, 2.24) is 10.2 Å². The first-order chi connectivity index (χ1) is 8.70. The van der Waals surface area contributed by atoms with Gasteiger partial charge in [0, 0.05) is 19.5 Å². The summed E-state index contributed by atoms with van der Waals surface area (Å²) in [4.78, 5) is 25.2. The Bertz CT molecular complexity index is 439. The molecular weight excluding hydrogens is 232 g/mol. The molecule has 1 saturated heterocycles. The first kappa shape index (κ1) is 12.4. The topological polar surface area (TPSA) is 62.6 Å². The van der Waals surface area contributed by atoms with Gasteiger partial charge in [-0.25, -0.2) is 0 Å². The lowest BCUT2D eigenvalue weighted by molar-refractivity contribution is -0.129. The van der Waals surface area contributed by atoms with Crippen LogP contribution < -0.4 is 5.32 Å². The van der Waals surface area contributed by atoms with E-state index in [1.54, 1.807) is 23.3 Å². The minimum absolute atomic E-state index is 0.00912. The van der Waals surface area contributed by atoms with Crippen LogP contribution in [0.25, 0.3) is 0 Å². The van der Waals surface area contributed by atoms with Gasteiger partial charge in [-0.1, -0.05) is 6.08 Å². The van der Waals surface area contributed by atoms with Gasteiger partial charge in [0.2, 0.25) is 11.8 Å². The number of hydrogen-bond donors (Lipinski definition) is 1. The fourth-order valence-electron chi connectivity index (χ4n) is 2.01. The van der Waals surface area contributed by atoms with E-state index in [0.29, 0.717) is 19.6 Å². The molecule has 1 aliphatic heterocycles. The Labute approximate surface area is 105 Å². The van der Waals surface area contributed by atoms with E-state index in [0.717, 1.165) is 5.76 Å². The van der Waals surface area contributed by atoms with E-state index >= 15 is 0 Å². The molecule has 1 aromatic rings. The van der Waals surface area contributed by atoms with Crippen LogP contribution in [0, 0.1) is 5.92 Å². The van der Waals surface area contributed by atoms with Crippen LogP contribution in [0.4, 0.5) is 0 Å². The third kappa shape index (κ3) is 2.80. The van der Waals surface area contributed by atoms with Crippen molar-refractivity contribution < 1.29 is 14.0 Å². The molecule has 2 amide bonds. The Kier molecular flexibility index (Phi) is 3.82. The lowest BCUT2D eigenvalue weighted by Crippen LogP contribution is -2.32. The standard InChI is InChI=1S/C13H16N2O3/c1-2-5-14-13(17)10-7-12(16)15(8-10)9-11-4-3-6-18-11/h2-4,6,10H,1,5,7-9H2,(H,14,17)/t10-/m1/s1. The summed E-state index contributed by atoms with van der Waals surface area (Å²) in [5.41, 5.74) is 0. The number of furan rings is 1. The number of likely N-dealkylation sites (tertiary alicyclic amines) is 1. The molecule has 0 saturated carbocycles. The first-order valence-electron chi connectivity index (χ1n) is 5.89. The van der Waals surface area contributed by atoms with Gasteiger partial charge in [-0.15, -0.1) is 6.58 Å². The summed E-state index contributed by atoms with van der Waals surface area (Å²) in [6.45, 7) is 4.84. The molecule has 1 fully saturated rings. The maximum absolute atomic E-state index is 11.8. The van der Waals surface area contributed by atoms with Gasteiger partial charge in [0.15, 0.2) is 0 Å². The zero-order valence-corrected chi connectivity index (χ0v) is 10.1. The second-order valence-electron chi connectivity index (χ2n) is 4.29. The number of amides is 2. The summed E-state index contributed by atoms with van der Waals surface area (Å²) in [6.07, 6.45) is 3.46. The van der Waals surface area contributed by atoms with Crippen molar-refractivity contribution in [2.45, 2.75) is 13.0 Å².